The summed E-state index contributed by atoms with van der Waals surface area (Å²) < 4.78 is 2.19. The van der Waals surface area contributed by atoms with Gasteiger partial charge in [-0.25, -0.2) is 4.98 Å². The molecule has 1 aromatic rings. The van der Waals surface area contributed by atoms with Crippen LogP contribution in [0, 0.1) is 0 Å². The summed E-state index contributed by atoms with van der Waals surface area (Å²) in [4.78, 5) is 6.89. The summed E-state index contributed by atoms with van der Waals surface area (Å²) in [5.74, 6) is 0. The second-order valence-corrected chi connectivity index (χ2v) is 6.10. The molecule has 0 amide bonds. The van der Waals surface area contributed by atoms with Gasteiger partial charge in [0.15, 0.2) is 0 Å². The summed E-state index contributed by atoms with van der Waals surface area (Å²) in [6, 6.07) is 0. The van der Waals surface area contributed by atoms with Crippen LogP contribution in [0.25, 0.3) is 0 Å². The second-order valence-electron chi connectivity index (χ2n) is 6.10. The standard InChI is InChI=1S/C15H26N4/c1-2-5-15(6-3-1)13-16-8-12-19(15)10-4-9-18-11-7-17-14-18/h7,11,14,16H,1-6,8-10,12-13H2. The molecule has 19 heavy (non-hydrogen) atoms. The average molecular weight is 262 g/mol. The molecule has 0 radical (unpaired) electrons. The first kappa shape index (κ1) is 13.1. The highest BCUT2D eigenvalue weighted by Gasteiger charge is 2.38. The van der Waals surface area contributed by atoms with Gasteiger partial charge in [0.2, 0.25) is 0 Å². The third-order valence-electron chi connectivity index (χ3n) is 4.87. The number of aromatic nitrogens is 2. The van der Waals surface area contributed by atoms with E-state index in [1.54, 1.807) is 0 Å². The predicted octanol–water partition coefficient (Wildman–Crippen LogP) is 1.88. The highest BCUT2D eigenvalue weighted by atomic mass is 15.3. The van der Waals surface area contributed by atoms with Gasteiger partial charge < -0.3 is 9.88 Å². The molecule has 4 nitrogen and oxygen atoms in total. The maximum absolute atomic E-state index is 4.11. The van der Waals surface area contributed by atoms with Gasteiger partial charge >= 0.3 is 0 Å². The number of hydrogen-bond acceptors (Lipinski definition) is 3. The molecule has 0 aromatic carbocycles. The molecule has 2 heterocycles. The lowest BCUT2D eigenvalue weighted by atomic mass is 9.79. The molecule has 1 N–H and O–H groups in total. The number of hydrogen-bond donors (Lipinski definition) is 1. The van der Waals surface area contributed by atoms with Gasteiger partial charge in [-0.1, -0.05) is 19.3 Å². The third-order valence-corrected chi connectivity index (χ3v) is 4.87. The first-order valence-corrected chi connectivity index (χ1v) is 7.81. The lowest BCUT2D eigenvalue weighted by molar-refractivity contribution is 0.0260. The minimum atomic E-state index is 0.478. The van der Waals surface area contributed by atoms with Crippen molar-refractivity contribution in [2.45, 2.75) is 50.6 Å². The van der Waals surface area contributed by atoms with Crippen molar-refractivity contribution in [2.24, 2.45) is 0 Å². The van der Waals surface area contributed by atoms with Gasteiger partial charge in [0.05, 0.1) is 6.33 Å². The lowest BCUT2D eigenvalue weighted by Gasteiger charge is -2.50. The molecule has 1 aliphatic carbocycles. The van der Waals surface area contributed by atoms with E-state index in [0.29, 0.717) is 5.54 Å². The van der Waals surface area contributed by atoms with Gasteiger partial charge in [0.1, 0.15) is 0 Å². The van der Waals surface area contributed by atoms with Crippen molar-refractivity contribution in [1.29, 1.82) is 0 Å². The van der Waals surface area contributed by atoms with E-state index in [-0.39, 0.29) is 0 Å². The zero-order valence-electron chi connectivity index (χ0n) is 11.9. The molecule has 1 spiro atoms. The molecular weight excluding hydrogens is 236 g/mol. The Kier molecular flexibility index (Phi) is 4.18. The first-order chi connectivity index (χ1) is 9.39. The van der Waals surface area contributed by atoms with Crippen LogP contribution in [0.4, 0.5) is 0 Å². The van der Waals surface area contributed by atoms with Crippen molar-refractivity contribution in [1.82, 2.24) is 19.8 Å². The van der Waals surface area contributed by atoms with Gasteiger partial charge in [0, 0.05) is 50.7 Å². The van der Waals surface area contributed by atoms with Crippen molar-refractivity contribution in [3.63, 3.8) is 0 Å². The summed E-state index contributed by atoms with van der Waals surface area (Å²) in [6.45, 7) is 5.93. The SMILES string of the molecule is c1cn(CCCN2CCNCC23CCCCC3)cn1. The van der Waals surface area contributed by atoms with Gasteiger partial charge in [-0.3, -0.25) is 4.90 Å². The van der Waals surface area contributed by atoms with Crippen molar-refractivity contribution >= 4 is 0 Å². The maximum atomic E-state index is 4.11. The van der Waals surface area contributed by atoms with E-state index >= 15 is 0 Å². The number of rotatable bonds is 4. The van der Waals surface area contributed by atoms with E-state index < -0.39 is 0 Å². The molecule has 4 heteroatoms. The van der Waals surface area contributed by atoms with E-state index in [0.717, 1.165) is 13.1 Å². The van der Waals surface area contributed by atoms with Crippen LogP contribution in [0.15, 0.2) is 18.7 Å². The molecule has 2 fully saturated rings. The topological polar surface area (TPSA) is 33.1 Å². The maximum Gasteiger partial charge on any atom is 0.0945 e. The van der Waals surface area contributed by atoms with Crippen LogP contribution in [0.3, 0.4) is 0 Å². The quantitative estimate of drug-likeness (QED) is 0.899. The normalized spacial score (nSPS) is 23.8. The molecule has 1 saturated heterocycles. The molecular formula is C15H26N4. The van der Waals surface area contributed by atoms with Gasteiger partial charge in [-0.15, -0.1) is 0 Å². The first-order valence-electron chi connectivity index (χ1n) is 7.81. The Morgan fingerprint density at radius 3 is 2.84 bits per heavy atom. The van der Waals surface area contributed by atoms with E-state index in [1.165, 1.54) is 58.2 Å². The molecule has 106 valence electrons. The molecule has 3 rings (SSSR count). The summed E-state index contributed by atoms with van der Waals surface area (Å²) in [5, 5.41) is 3.62. The minimum Gasteiger partial charge on any atom is -0.337 e. The lowest BCUT2D eigenvalue weighted by Crippen LogP contribution is -2.62. The summed E-state index contributed by atoms with van der Waals surface area (Å²) in [6.07, 6.45) is 14.1. The molecule has 1 aliphatic heterocycles. The van der Waals surface area contributed by atoms with Crippen LogP contribution in [0.1, 0.15) is 38.5 Å². The third kappa shape index (κ3) is 3.00. The van der Waals surface area contributed by atoms with Crippen LogP contribution in [0.2, 0.25) is 0 Å². The summed E-state index contributed by atoms with van der Waals surface area (Å²) in [7, 11) is 0. The molecule has 2 aliphatic rings. The van der Waals surface area contributed by atoms with Crippen LogP contribution >= 0.6 is 0 Å². The Morgan fingerprint density at radius 1 is 1.16 bits per heavy atom. The van der Waals surface area contributed by atoms with Gasteiger partial charge in [-0.2, -0.15) is 0 Å². The minimum absolute atomic E-state index is 0.478. The molecule has 0 bridgehead atoms. The van der Waals surface area contributed by atoms with Crippen LogP contribution < -0.4 is 5.32 Å². The second kappa shape index (κ2) is 6.06. The molecule has 1 saturated carbocycles. The zero-order chi connectivity index (χ0) is 13.0. The Bertz CT molecular complexity index is 359. The number of aryl methyl sites for hydroxylation is 1. The van der Waals surface area contributed by atoms with E-state index in [4.69, 9.17) is 0 Å². The Hall–Kier alpha value is -0.870. The van der Waals surface area contributed by atoms with Crippen molar-refractivity contribution in [3.05, 3.63) is 18.7 Å². The van der Waals surface area contributed by atoms with Crippen LogP contribution in [-0.2, 0) is 6.54 Å². The number of nitrogens with one attached hydrogen (secondary N) is 1. The van der Waals surface area contributed by atoms with E-state index in [1.807, 2.05) is 12.5 Å². The van der Waals surface area contributed by atoms with Crippen LogP contribution in [0.5, 0.6) is 0 Å². The smallest absolute Gasteiger partial charge is 0.0945 e. The highest BCUT2D eigenvalue weighted by Crippen LogP contribution is 2.34. The number of imidazole rings is 1. The largest absolute Gasteiger partial charge is 0.337 e. The molecule has 0 unspecified atom stereocenters. The van der Waals surface area contributed by atoms with Crippen LogP contribution in [-0.4, -0.2) is 46.2 Å². The molecule has 0 atom stereocenters. The monoisotopic (exact) mass is 262 g/mol. The summed E-state index contributed by atoms with van der Waals surface area (Å²) >= 11 is 0. The van der Waals surface area contributed by atoms with Crippen molar-refractivity contribution in [2.75, 3.05) is 26.2 Å². The van der Waals surface area contributed by atoms with E-state index in [9.17, 15) is 0 Å². The van der Waals surface area contributed by atoms with Gasteiger partial charge in [0.25, 0.3) is 0 Å². The number of nitrogens with zero attached hydrogens (tertiary/aromatic N) is 3. The zero-order valence-corrected chi connectivity index (χ0v) is 11.9. The molecule has 1 aromatic heterocycles. The fourth-order valence-electron chi connectivity index (χ4n) is 3.80. The van der Waals surface area contributed by atoms with Crippen molar-refractivity contribution in [3.8, 4) is 0 Å². The predicted molar refractivity (Wildman–Crippen MR) is 77.1 cm³/mol. The van der Waals surface area contributed by atoms with E-state index in [2.05, 4.69) is 26.0 Å². The van der Waals surface area contributed by atoms with Crippen molar-refractivity contribution < 1.29 is 0 Å². The fourth-order valence-corrected chi connectivity index (χ4v) is 3.80. The fraction of sp³-hybridized carbons (Fsp3) is 0.800. The summed E-state index contributed by atoms with van der Waals surface area (Å²) in [5.41, 5.74) is 0.478. The Balaban J connectivity index is 1.54. The van der Waals surface area contributed by atoms with Gasteiger partial charge in [-0.05, 0) is 19.3 Å². The average Bonchev–Trinajstić information content (AvgIpc) is 2.95. The Labute approximate surface area is 116 Å². The highest BCUT2D eigenvalue weighted by molar-refractivity contribution is 4.97. The Morgan fingerprint density at radius 2 is 2.05 bits per heavy atom. The number of piperazine rings is 1.